The second kappa shape index (κ2) is 4.57. The summed E-state index contributed by atoms with van der Waals surface area (Å²) < 4.78 is 19.2. The monoisotopic (exact) mass is 274 g/mol. The van der Waals surface area contributed by atoms with Gasteiger partial charge in [0.05, 0.1) is 6.04 Å². The van der Waals surface area contributed by atoms with Gasteiger partial charge in [-0.05, 0) is 61.3 Å². The Morgan fingerprint density at radius 3 is 2.85 bits per heavy atom. The van der Waals surface area contributed by atoms with Gasteiger partial charge in [0.15, 0.2) is 0 Å². The Morgan fingerprint density at radius 1 is 1.25 bits per heavy atom. The van der Waals surface area contributed by atoms with Crippen LogP contribution in [0.4, 0.5) is 4.39 Å². The summed E-state index contributed by atoms with van der Waals surface area (Å²) in [6.07, 6.45) is 5.23. The topological polar surface area (TPSA) is 51.2 Å². The van der Waals surface area contributed by atoms with Crippen LogP contribution in [0.1, 0.15) is 37.5 Å². The predicted molar refractivity (Wildman–Crippen MR) is 75.2 cm³/mol. The standard InChI is InChI=1S/C16H19FN2O/c17-12-3-4-14-11(7-12)8-15(20-14)16(19-18)13-6-9-1-2-10(13)5-9/h3-4,7-10,13,16,19H,1-2,5-6,18H2. The van der Waals surface area contributed by atoms with Gasteiger partial charge in [-0.15, -0.1) is 0 Å². The summed E-state index contributed by atoms with van der Waals surface area (Å²) in [5.41, 5.74) is 3.66. The van der Waals surface area contributed by atoms with Crippen LogP contribution in [0.5, 0.6) is 0 Å². The molecule has 0 aliphatic heterocycles. The van der Waals surface area contributed by atoms with Crippen molar-refractivity contribution in [1.29, 1.82) is 0 Å². The van der Waals surface area contributed by atoms with Crippen molar-refractivity contribution in [3.8, 4) is 0 Å². The Hall–Kier alpha value is -1.39. The maximum atomic E-state index is 13.3. The maximum absolute atomic E-state index is 13.3. The number of hydrogen-bond donors (Lipinski definition) is 2. The molecule has 4 rings (SSSR count). The van der Waals surface area contributed by atoms with E-state index in [-0.39, 0.29) is 11.9 Å². The molecule has 106 valence electrons. The van der Waals surface area contributed by atoms with E-state index < -0.39 is 0 Å². The first kappa shape index (κ1) is 12.4. The molecular weight excluding hydrogens is 255 g/mol. The van der Waals surface area contributed by atoms with E-state index >= 15 is 0 Å². The Balaban J connectivity index is 1.69. The van der Waals surface area contributed by atoms with Gasteiger partial charge in [-0.25, -0.2) is 9.82 Å². The fraction of sp³-hybridized carbons (Fsp3) is 0.500. The van der Waals surface area contributed by atoms with Gasteiger partial charge in [-0.2, -0.15) is 0 Å². The van der Waals surface area contributed by atoms with Gasteiger partial charge in [-0.1, -0.05) is 6.42 Å². The first-order valence-corrected chi connectivity index (χ1v) is 7.39. The van der Waals surface area contributed by atoms with E-state index in [1.807, 2.05) is 6.07 Å². The van der Waals surface area contributed by atoms with Gasteiger partial charge in [0, 0.05) is 5.39 Å². The average Bonchev–Trinajstić information content (AvgIpc) is 3.13. The summed E-state index contributed by atoms with van der Waals surface area (Å²) in [4.78, 5) is 0. The highest BCUT2D eigenvalue weighted by atomic mass is 19.1. The number of fused-ring (bicyclic) bond motifs is 3. The summed E-state index contributed by atoms with van der Waals surface area (Å²) in [6.45, 7) is 0. The van der Waals surface area contributed by atoms with Crippen LogP contribution in [-0.4, -0.2) is 0 Å². The highest BCUT2D eigenvalue weighted by Crippen LogP contribution is 2.52. The zero-order valence-electron chi connectivity index (χ0n) is 11.3. The minimum absolute atomic E-state index is 0.0424. The zero-order valence-corrected chi connectivity index (χ0v) is 11.3. The third-order valence-corrected chi connectivity index (χ3v) is 5.20. The van der Waals surface area contributed by atoms with Crippen LogP contribution in [0.15, 0.2) is 28.7 Å². The normalized spacial score (nSPS) is 30.2. The number of benzene rings is 1. The molecule has 2 saturated carbocycles. The Bertz CT molecular complexity index is 638. The first-order chi connectivity index (χ1) is 9.74. The maximum Gasteiger partial charge on any atom is 0.134 e. The third kappa shape index (κ3) is 1.86. The summed E-state index contributed by atoms with van der Waals surface area (Å²) in [6, 6.07) is 6.59. The van der Waals surface area contributed by atoms with Gasteiger partial charge >= 0.3 is 0 Å². The smallest absolute Gasteiger partial charge is 0.134 e. The average molecular weight is 274 g/mol. The zero-order chi connectivity index (χ0) is 13.7. The number of furan rings is 1. The van der Waals surface area contributed by atoms with E-state index in [0.717, 1.165) is 28.6 Å². The molecule has 0 spiro atoms. The van der Waals surface area contributed by atoms with Gasteiger partial charge in [0.1, 0.15) is 17.2 Å². The van der Waals surface area contributed by atoms with Crippen LogP contribution in [-0.2, 0) is 0 Å². The minimum Gasteiger partial charge on any atom is -0.459 e. The van der Waals surface area contributed by atoms with Gasteiger partial charge in [-0.3, -0.25) is 5.84 Å². The second-order valence-corrected chi connectivity index (χ2v) is 6.31. The van der Waals surface area contributed by atoms with E-state index in [0.29, 0.717) is 5.92 Å². The molecule has 2 bridgehead atoms. The minimum atomic E-state index is -0.234. The molecule has 4 heteroatoms. The Labute approximate surface area is 117 Å². The lowest BCUT2D eigenvalue weighted by molar-refractivity contribution is 0.230. The number of hydrazine groups is 1. The first-order valence-electron chi connectivity index (χ1n) is 7.39. The highest BCUT2D eigenvalue weighted by molar-refractivity contribution is 5.78. The summed E-state index contributed by atoms with van der Waals surface area (Å²) >= 11 is 0. The van der Waals surface area contributed by atoms with Crippen molar-refractivity contribution in [3.05, 3.63) is 35.8 Å². The molecule has 1 aromatic carbocycles. The van der Waals surface area contributed by atoms with Gasteiger partial charge < -0.3 is 4.42 Å². The molecule has 2 aliphatic rings. The Morgan fingerprint density at radius 2 is 2.15 bits per heavy atom. The van der Waals surface area contributed by atoms with Crippen LogP contribution in [0.3, 0.4) is 0 Å². The van der Waals surface area contributed by atoms with Crippen LogP contribution < -0.4 is 11.3 Å². The van der Waals surface area contributed by atoms with Crippen molar-refractivity contribution in [2.45, 2.75) is 31.7 Å². The highest BCUT2D eigenvalue weighted by Gasteiger charge is 2.44. The number of nitrogens with one attached hydrogen (secondary N) is 1. The van der Waals surface area contributed by atoms with Crippen LogP contribution in [0.2, 0.25) is 0 Å². The van der Waals surface area contributed by atoms with E-state index in [1.54, 1.807) is 6.07 Å². The molecule has 4 unspecified atom stereocenters. The molecule has 2 aliphatic carbocycles. The van der Waals surface area contributed by atoms with Crippen molar-refractivity contribution in [1.82, 2.24) is 5.43 Å². The fourth-order valence-electron chi connectivity index (χ4n) is 4.31. The second-order valence-electron chi connectivity index (χ2n) is 6.31. The molecule has 1 heterocycles. The molecule has 0 amide bonds. The van der Waals surface area contributed by atoms with Crippen molar-refractivity contribution >= 4 is 11.0 Å². The number of rotatable bonds is 3. The van der Waals surface area contributed by atoms with Crippen LogP contribution in [0.25, 0.3) is 11.0 Å². The van der Waals surface area contributed by atoms with Crippen LogP contribution in [0, 0.1) is 23.6 Å². The summed E-state index contributed by atoms with van der Waals surface area (Å²) in [5.74, 6) is 8.55. The van der Waals surface area contributed by atoms with Crippen molar-refractivity contribution in [2.24, 2.45) is 23.6 Å². The van der Waals surface area contributed by atoms with E-state index in [2.05, 4.69) is 5.43 Å². The molecule has 1 aromatic heterocycles. The quantitative estimate of drug-likeness (QED) is 0.665. The lowest BCUT2D eigenvalue weighted by Gasteiger charge is -2.28. The molecular formula is C16H19FN2O. The fourth-order valence-corrected chi connectivity index (χ4v) is 4.31. The molecule has 0 saturated heterocycles. The summed E-state index contributed by atoms with van der Waals surface area (Å²) in [5, 5.41) is 0.809. The molecule has 20 heavy (non-hydrogen) atoms. The van der Waals surface area contributed by atoms with Gasteiger partial charge in [0.2, 0.25) is 0 Å². The van der Waals surface area contributed by atoms with E-state index in [4.69, 9.17) is 10.3 Å². The Kier molecular flexibility index (Phi) is 2.82. The lowest BCUT2D eigenvalue weighted by atomic mass is 9.82. The van der Waals surface area contributed by atoms with Crippen molar-refractivity contribution in [2.75, 3.05) is 0 Å². The molecule has 3 nitrogen and oxygen atoms in total. The molecule has 2 fully saturated rings. The predicted octanol–water partition coefficient (Wildman–Crippen LogP) is 3.51. The molecule has 0 radical (unpaired) electrons. The number of halogens is 1. The van der Waals surface area contributed by atoms with Crippen LogP contribution >= 0.6 is 0 Å². The molecule has 4 atom stereocenters. The van der Waals surface area contributed by atoms with E-state index in [1.165, 1.54) is 37.8 Å². The van der Waals surface area contributed by atoms with Gasteiger partial charge in [0.25, 0.3) is 0 Å². The van der Waals surface area contributed by atoms with E-state index in [9.17, 15) is 4.39 Å². The largest absolute Gasteiger partial charge is 0.459 e. The molecule has 3 N–H and O–H groups in total. The molecule has 2 aromatic rings. The lowest BCUT2D eigenvalue weighted by Crippen LogP contribution is -2.35. The number of nitrogens with two attached hydrogens (primary N) is 1. The van der Waals surface area contributed by atoms with Crippen molar-refractivity contribution < 1.29 is 8.81 Å². The SMILES string of the molecule is NNC(c1cc2cc(F)ccc2o1)C1CC2CCC1C2. The summed E-state index contributed by atoms with van der Waals surface area (Å²) in [7, 11) is 0. The van der Waals surface area contributed by atoms with Crippen molar-refractivity contribution in [3.63, 3.8) is 0 Å². The number of hydrogen-bond acceptors (Lipinski definition) is 3. The third-order valence-electron chi connectivity index (χ3n) is 5.20.